The Morgan fingerprint density at radius 2 is 2.38 bits per heavy atom. The molecule has 0 aromatic carbocycles. The molecule has 0 aliphatic carbocycles. The molecule has 3 rings (SSSR count). The number of carbonyl (C=O) groups is 1. The minimum Gasteiger partial charge on any atom is -0.308 e. The van der Waals surface area contributed by atoms with E-state index in [0.29, 0.717) is 0 Å². The van der Waals surface area contributed by atoms with Crippen LogP contribution < -0.4 is 4.90 Å². The number of likely N-dealkylation sites (N-methyl/N-ethyl adjacent to an activating group) is 1. The van der Waals surface area contributed by atoms with Crippen molar-refractivity contribution in [3.63, 3.8) is 0 Å². The van der Waals surface area contributed by atoms with Gasteiger partial charge >= 0.3 is 0 Å². The molecule has 0 N–H and O–H groups in total. The van der Waals surface area contributed by atoms with Crippen LogP contribution in [0.4, 0.5) is 5.69 Å². The first-order chi connectivity index (χ1) is 10.2. The summed E-state index contributed by atoms with van der Waals surface area (Å²) in [6.07, 6.45) is 4.54. The lowest BCUT2D eigenvalue weighted by atomic mass is 10.2. The summed E-state index contributed by atoms with van der Waals surface area (Å²) in [4.78, 5) is 18.1. The third-order valence-corrected chi connectivity index (χ3v) is 4.83. The molecule has 0 radical (unpaired) electrons. The van der Waals surface area contributed by atoms with Crippen molar-refractivity contribution in [2.45, 2.75) is 25.9 Å². The van der Waals surface area contributed by atoms with E-state index in [1.165, 1.54) is 4.88 Å². The van der Waals surface area contributed by atoms with Gasteiger partial charge in [-0.2, -0.15) is 5.10 Å². The lowest BCUT2D eigenvalue weighted by Gasteiger charge is -2.25. The number of carbonyl (C=O) groups excluding carboxylic acids is 1. The van der Waals surface area contributed by atoms with Crippen molar-refractivity contribution in [3.05, 3.63) is 34.8 Å². The van der Waals surface area contributed by atoms with Gasteiger partial charge in [0.15, 0.2) is 0 Å². The Morgan fingerprint density at radius 3 is 3.00 bits per heavy atom. The van der Waals surface area contributed by atoms with Crippen molar-refractivity contribution in [1.29, 1.82) is 0 Å². The highest BCUT2D eigenvalue weighted by Gasteiger charge is 2.36. The summed E-state index contributed by atoms with van der Waals surface area (Å²) < 4.78 is 1.74. The van der Waals surface area contributed by atoms with Gasteiger partial charge < -0.3 is 4.90 Å². The Kier molecular flexibility index (Phi) is 4.07. The number of aryl methyl sites for hydroxylation is 1. The van der Waals surface area contributed by atoms with E-state index in [1.807, 2.05) is 18.1 Å². The molecule has 0 bridgehead atoms. The molecule has 6 heteroatoms. The number of rotatable bonds is 5. The van der Waals surface area contributed by atoms with Crippen LogP contribution in [0.5, 0.6) is 0 Å². The van der Waals surface area contributed by atoms with E-state index >= 15 is 0 Å². The van der Waals surface area contributed by atoms with Crippen molar-refractivity contribution in [1.82, 2.24) is 14.7 Å². The summed E-state index contributed by atoms with van der Waals surface area (Å²) in [7, 11) is 1.87. The number of amides is 1. The first-order valence-electron chi connectivity index (χ1n) is 7.25. The van der Waals surface area contributed by atoms with Gasteiger partial charge in [-0.25, -0.2) is 0 Å². The summed E-state index contributed by atoms with van der Waals surface area (Å²) >= 11 is 1.75. The van der Waals surface area contributed by atoms with Gasteiger partial charge in [0, 0.05) is 31.2 Å². The molecule has 1 amide bonds. The van der Waals surface area contributed by atoms with Gasteiger partial charge in [0.1, 0.15) is 0 Å². The van der Waals surface area contributed by atoms with E-state index in [1.54, 1.807) is 22.2 Å². The molecule has 2 aromatic rings. The SMILES string of the molecule is CCN(Cc1cccs1)C1CCN(c2cnn(C)c2)C1=O. The third kappa shape index (κ3) is 2.87. The summed E-state index contributed by atoms with van der Waals surface area (Å²) in [5.74, 6) is 0.196. The van der Waals surface area contributed by atoms with Crippen molar-refractivity contribution in [2.75, 3.05) is 18.0 Å². The lowest BCUT2D eigenvalue weighted by Crippen LogP contribution is -2.41. The van der Waals surface area contributed by atoms with E-state index in [4.69, 9.17) is 0 Å². The third-order valence-electron chi connectivity index (χ3n) is 3.97. The Hall–Kier alpha value is -1.66. The largest absolute Gasteiger partial charge is 0.308 e. The molecule has 1 aliphatic rings. The number of aromatic nitrogens is 2. The van der Waals surface area contributed by atoms with Gasteiger partial charge in [0.2, 0.25) is 5.91 Å². The van der Waals surface area contributed by atoms with Crippen LogP contribution in [0.1, 0.15) is 18.2 Å². The molecule has 3 heterocycles. The zero-order valence-corrected chi connectivity index (χ0v) is 13.2. The van der Waals surface area contributed by atoms with E-state index < -0.39 is 0 Å². The van der Waals surface area contributed by atoms with E-state index in [0.717, 1.165) is 31.7 Å². The molecule has 1 unspecified atom stereocenters. The fourth-order valence-electron chi connectivity index (χ4n) is 2.85. The van der Waals surface area contributed by atoms with Crippen LogP contribution >= 0.6 is 11.3 Å². The molecule has 0 saturated carbocycles. The maximum Gasteiger partial charge on any atom is 0.244 e. The number of anilines is 1. The van der Waals surface area contributed by atoms with Crippen LogP contribution in [0, 0.1) is 0 Å². The Balaban J connectivity index is 1.72. The topological polar surface area (TPSA) is 41.4 Å². The molecule has 1 atom stereocenters. The minimum atomic E-state index is -0.0164. The first-order valence-corrected chi connectivity index (χ1v) is 8.13. The van der Waals surface area contributed by atoms with Crippen molar-refractivity contribution >= 4 is 22.9 Å². The molecule has 1 saturated heterocycles. The molecule has 5 nitrogen and oxygen atoms in total. The Bertz CT molecular complexity index is 607. The van der Waals surface area contributed by atoms with Crippen LogP contribution in [0.25, 0.3) is 0 Å². The smallest absolute Gasteiger partial charge is 0.244 e. The van der Waals surface area contributed by atoms with Crippen molar-refractivity contribution in [3.8, 4) is 0 Å². The van der Waals surface area contributed by atoms with Crippen LogP contribution in [0.15, 0.2) is 29.9 Å². The Morgan fingerprint density at radius 1 is 1.52 bits per heavy atom. The van der Waals surface area contributed by atoms with Crippen LogP contribution in [0.3, 0.4) is 0 Å². The fourth-order valence-corrected chi connectivity index (χ4v) is 3.58. The molecule has 2 aromatic heterocycles. The number of hydrogen-bond donors (Lipinski definition) is 0. The second kappa shape index (κ2) is 5.99. The zero-order valence-electron chi connectivity index (χ0n) is 12.4. The average Bonchev–Trinajstić information content (AvgIpc) is 3.18. The van der Waals surface area contributed by atoms with Gasteiger partial charge in [-0.1, -0.05) is 13.0 Å². The molecular formula is C15H20N4OS. The molecular weight excluding hydrogens is 284 g/mol. The summed E-state index contributed by atoms with van der Waals surface area (Å²) in [5, 5.41) is 6.24. The quantitative estimate of drug-likeness (QED) is 0.849. The van der Waals surface area contributed by atoms with Crippen molar-refractivity contribution < 1.29 is 4.79 Å². The number of thiophene rings is 1. The van der Waals surface area contributed by atoms with Gasteiger partial charge in [-0.15, -0.1) is 11.3 Å². The number of nitrogens with zero attached hydrogens (tertiary/aromatic N) is 4. The standard InChI is InChI=1S/C15H20N4OS/c1-3-18(11-13-5-4-8-21-13)14-6-7-19(15(14)20)12-9-16-17(2)10-12/h4-5,8-10,14H,3,6-7,11H2,1-2H3. The molecule has 1 aliphatic heterocycles. The average molecular weight is 304 g/mol. The predicted molar refractivity (Wildman–Crippen MR) is 84.4 cm³/mol. The predicted octanol–water partition coefficient (Wildman–Crippen LogP) is 2.11. The lowest BCUT2D eigenvalue weighted by molar-refractivity contribution is -0.121. The summed E-state index contributed by atoms with van der Waals surface area (Å²) in [6.45, 7) is 4.63. The highest BCUT2D eigenvalue weighted by atomic mass is 32.1. The maximum atomic E-state index is 12.7. The maximum absolute atomic E-state index is 12.7. The van der Waals surface area contributed by atoms with Crippen LogP contribution in [0.2, 0.25) is 0 Å². The Labute approximate surface area is 128 Å². The second-order valence-corrected chi connectivity index (χ2v) is 6.34. The van der Waals surface area contributed by atoms with E-state index in [-0.39, 0.29) is 11.9 Å². The molecule has 112 valence electrons. The number of hydrogen-bond acceptors (Lipinski definition) is 4. The highest BCUT2D eigenvalue weighted by molar-refractivity contribution is 7.09. The van der Waals surface area contributed by atoms with Gasteiger partial charge in [0.05, 0.1) is 17.9 Å². The van der Waals surface area contributed by atoms with Crippen LogP contribution in [-0.4, -0.2) is 39.7 Å². The molecule has 21 heavy (non-hydrogen) atoms. The molecule has 1 fully saturated rings. The monoisotopic (exact) mass is 304 g/mol. The fraction of sp³-hybridized carbons (Fsp3) is 0.467. The minimum absolute atomic E-state index is 0.0164. The summed E-state index contributed by atoms with van der Waals surface area (Å²) in [5.41, 5.74) is 0.900. The van der Waals surface area contributed by atoms with Gasteiger partial charge in [-0.3, -0.25) is 14.4 Å². The first kappa shape index (κ1) is 14.3. The van der Waals surface area contributed by atoms with Gasteiger partial charge in [0.25, 0.3) is 0 Å². The summed E-state index contributed by atoms with van der Waals surface area (Å²) in [6, 6.07) is 4.18. The molecule has 0 spiro atoms. The van der Waals surface area contributed by atoms with Crippen LogP contribution in [-0.2, 0) is 18.4 Å². The normalized spacial score (nSPS) is 18.9. The second-order valence-electron chi connectivity index (χ2n) is 5.31. The highest BCUT2D eigenvalue weighted by Crippen LogP contribution is 2.25. The van der Waals surface area contributed by atoms with Crippen molar-refractivity contribution in [2.24, 2.45) is 7.05 Å². The van der Waals surface area contributed by atoms with E-state index in [9.17, 15) is 4.79 Å². The van der Waals surface area contributed by atoms with E-state index in [2.05, 4.69) is 34.4 Å². The zero-order chi connectivity index (χ0) is 14.8. The van der Waals surface area contributed by atoms with Gasteiger partial charge in [-0.05, 0) is 24.4 Å².